The summed E-state index contributed by atoms with van der Waals surface area (Å²) in [4.78, 5) is 18.1. The molecule has 0 saturated heterocycles. The molecule has 0 amide bonds. The molecule has 0 aliphatic rings. The van der Waals surface area contributed by atoms with Crippen molar-refractivity contribution in [1.29, 1.82) is 5.26 Å². The van der Waals surface area contributed by atoms with Crippen LogP contribution in [0.1, 0.15) is 5.82 Å². The average molecular weight is 306 g/mol. The van der Waals surface area contributed by atoms with E-state index in [9.17, 15) is 9.90 Å². The number of benzene rings is 1. The molecule has 2 rings (SSSR count). The largest absolute Gasteiger partial charge is 0.493 e. The number of nitrogens with one attached hydrogen (secondary N) is 1. The standard InChI is InChI=1S/C12H8BrN3O2/c13-8-3-1-7(2-4-8)10-11(17)15-9(5-6-14)16-12(10)18/h1-4H,5H2,(H2,15,16,17,18). The van der Waals surface area contributed by atoms with E-state index in [2.05, 4.69) is 25.9 Å². The van der Waals surface area contributed by atoms with Crippen molar-refractivity contribution in [3.63, 3.8) is 0 Å². The quantitative estimate of drug-likeness (QED) is 0.887. The summed E-state index contributed by atoms with van der Waals surface area (Å²) < 4.78 is 0.872. The molecule has 1 aromatic carbocycles. The molecule has 0 spiro atoms. The molecule has 1 heterocycles. The van der Waals surface area contributed by atoms with Gasteiger partial charge in [-0.15, -0.1) is 0 Å². The first kappa shape index (κ1) is 12.3. The number of rotatable bonds is 2. The van der Waals surface area contributed by atoms with Gasteiger partial charge in [-0.05, 0) is 17.7 Å². The SMILES string of the molecule is N#CCc1nc(O)c(-c2ccc(Br)cc2)c(=O)[nH]1. The van der Waals surface area contributed by atoms with Crippen LogP contribution in [0, 0.1) is 11.3 Å². The van der Waals surface area contributed by atoms with Crippen LogP contribution in [-0.2, 0) is 6.42 Å². The van der Waals surface area contributed by atoms with Gasteiger partial charge in [0.05, 0.1) is 12.5 Å². The first-order valence-electron chi connectivity index (χ1n) is 5.07. The van der Waals surface area contributed by atoms with Crippen molar-refractivity contribution in [3.05, 3.63) is 44.9 Å². The van der Waals surface area contributed by atoms with Gasteiger partial charge < -0.3 is 10.1 Å². The summed E-state index contributed by atoms with van der Waals surface area (Å²) in [6.45, 7) is 0. The van der Waals surface area contributed by atoms with Gasteiger partial charge in [-0.3, -0.25) is 4.79 Å². The molecule has 0 fully saturated rings. The molecule has 0 aliphatic carbocycles. The molecule has 90 valence electrons. The van der Waals surface area contributed by atoms with Gasteiger partial charge in [0.25, 0.3) is 5.56 Å². The summed E-state index contributed by atoms with van der Waals surface area (Å²) in [5.74, 6) is -0.216. The molecule has 0 aliphatic heterocycles. The number of nitrogens with zero attached hydrogens (tertiary/aromatic N) is 2. The lowest BCUT2D eigenvalue weighted by Crippen LogP contribution is -2.13. The first-order valence-corrected chi connectivity index (χ1v) is 5.86. The predicted octanol–water partition coefficient (Wildman–Crippen LogP) is 1.97. The van der Waals surface area contributed by atoms with Crippen LogP contribution in [0.5, 0.6) is 5.88 Å². The smallest absolute Gasteiger partial charge is 0.262 e. The molecule has 0 unspecified atom stereocenters. The maximum Gasteiger partial charge on any atom is 0.262 e. The number of aromatic amines is 1. The van der Waals surface area contributed by atoms with Gasteiger partial charge in [0, 0.05) is 4.47 Å². The number of H-pyrrole nitrogens is 1. The van der Waals surface area contributed by atoms with Gasteiger partial charge in [-0.25, -0.2) is 0 Å². The summed E-state index contributed by atoms with van der Waals surface area (Å²) in [7, 11) is 0. The number of nitriles is 1. The van der Waals surface area contributed by atoms with Crippen LogP contribution in [0.4, 0.5) is 0 Å². The normalized spacial score (nSPS) is 10.0. The van der Waals surface area contributed by atoms with Crippen molar-refractivity contribution in [2.45, 2.75) is 6.42 Å². The van der Waals surface area contributed by atoms with E-state index < -0.39 is 5.56 Å². The molecule has 1 aromatic heterocycles. The Morgan fingerprint density at radius 2 is 2.06 bits per heavy atom. The number of aromatic nitrogens is 2. The number of halogens is 1. The molecule has 0 atom stereocenters. The Bertz CT molecular complexity index is 671. The van der Waals surface area contributed by atoms with Crippen molar-refractivity contribution in [2.75, 3.05) is 0 Å². The van der Waals surface area contributed by atoms with E-state index in [4.69, 9.17) is 5.26 Å². The van der Waals surface area contributed by atoms with Crippen molar-refractivity contribution in [2.24, 2.45) is 0 Å². The molecule has 18 heavy (non-hydrogen) atoms. The molecule has 0 bridgehead atoms. The zero-order valence-corrected chi connectivity index (χ0v) is 10.7. The minimum Gasteiger partial charge on any atom is -0.493 e. The topological polar surface area (TPSA) is 89.8 Å². The summed E-state index contributed by atoms with van der Waals surface area (Å²) in [5, 5.41) is 18.3. The maximum atomic E-state index is 11.8. The van der Waals surface area contributed by atoms with E-state index in [1.54, 1.807) is 24.3 Å². The third kappa shape index (κ3) is 2.41. The fourth-order valence-corrected chi connectivity index (χ4v) is 1.81. The molecule has 0 radical (unpaired) electrons. The van der Waals surface area contributed by atoms with E-state index in [1.165, 1.54) is 0 Å². The number of aromatic hydroxyl groups is 1. The van der Waals surface area contributed by atoms with E-state index in [-0.39, 0.29) is 23.7 Å². The highest BCUT2D eigenvalue weighted by Crippen LogP contribution is 2.24. The Labute approximate surface area is 111 Å². The minimum atomic E-state index is -0.463. The van der Waals surface area contributed by atoms with Gasteiger partial charge in [0.2, 0.25) is 5.88 Å². The Morgan fingerprint density at radius 3 is 2.61 bits per heavy atom. The average Bonchev–Trinajstić information content (AvgIpc) is 2.31. The van der Waals surface area contributed by atoms with Crippen molar-refractivity contribution < 1.29 is 5.11 Å². The fourth-order valence-electron chi connectivity index (χ4n) is 1.54. The Kier molecular flexibility index (Phi) is 3.44. The Hall–Kier alpha value is -2.13. The Balaban J connectivity index is 2.56. The van der Waals surface area contributed by atoms with Gasteiger partial charge in [0.15, 0.2) is 0 Å². The van der Waals surface area contributed by atoms with Crippen LogP contribution in [0.3, 0.4) is 0 Å². The maximum absolute atomic E-state index is 11.8. The number of hydrogen-bond donors (Lipinski definition) is 2. The zero-order valence-electron chi connectivity index (χ0n) is 9.14. The molecular weight excluding hydrogens is 298 g/mol. The second-order valence-electron chi connectivity index (χ2n) is 3.55. The van der Waals surface area contributed by atoms with Crippen LogP contribution in [-0.4, -0.2) is 15.1 Å². The summed E-state index contributed by atoms with van der Waals surface area (Å²) in [6.07, 6.45) is -0.0522. The van der Waals surface area contributed by atoms with Gasteiger partial charge in [-0.1, -0.05) is 28.1 Å². The van der Waals surface area contributed by atoms with Crippen LogP contribution < -0.4 is 5.56 Å². The lowest BCUT2D eigenvalue weighted by molar-refractivity contribution is 0.451. The lowest BCUT2D eigenvalue weighted by Gasteiger charge is -2.04. The van der Waals surface area contributed by atoms with Gasteiger partial charge >= 0.3 is 0 Å². The Morgan fingerprint density at radius 1 is 1.39 bits per heavy atom. The highest BCUT2D eigenvalue weighted by Gasteiger charge is 2.12. The van der Waals surface area contributed by atoms with Crippen LogP contribution in [0.2, 0.25) is 0 Å². The van der Waals surface area contributed by atoms with E-state index >= 15 is 0 Å². The summed E-state index contributed by atoms with van der Waals surface area (Å²) in [5.41, 5.74) is 0.201. The summed E-state index contributed by atoms with van der Waals surface area (Å²) >= 11 is 3.29. The van der Waals surface area contributed by atoms with Crippen LogP contribution >= 0.6 is 15.9 Å². The number of hydrogen-bond acceptors (Lipinski definition) is 4. The third-order valence-electron chi connectivity index (χ3n) is 2.33. The predicted molar refractivity (Wildman–Crippen MR) is 69.0 cm³/mol. The van der Waals surface area contributed by atoms with Gasteiger partial charge in [0.1, 0.15) is 11.4 Å². The molecule has 6 heteroatoms. The van der Waals surface area contributed by atoms with Crippen LogP contribution in [0.25, 0.3) is 11.1 Å². The van der Waals surface area contributed by atoms with Crippen molar-refractivity contribution >= 4 is 15.9 Å². The molecule has 5 nitrogen and oxygen atoms in total. The highest BCUT2D eigenvalue weighted by atomic mass is 79.9. The van der Waals surface area contributed by atoms with E-state index in [0.717, 1.165) is 4.47 Å². The monoisotopic (exact) mass is 305 g/mol. The van der Waals surface area contributed by atoms with Crippen LogP contribution in [0.15, 0.2) is 33.5 Å². The molecule has 0 saturated carbocycles. The minimum absolute atomic E-state index is 0.0522. The fraction of sp³-hybridized carbons (Fsp3) is 0.0833. The molecule has 2 aromatic rings. The highest BCUT2D eigenvalue weighted by molar-refractivity contribution is 9.10. The lowest BCUT2D eigenvalue weighted by atomic mass is 10.1. The molecular formula is C12H8BrN3O2. The van der Waals surface area contributed by atoms with Crippen molar-refractivity contribution in [3.8, 4) is 23.1 Å². The second kappa shape index (κ2) is 5.02. The molecule has 2 N–H and O–H groups in total. The summed E-state index contributed by atoms with van der Waals surface area (Å²) in [6, 6.07) is 8.77. The second-order valence-corrected chi connectivity index (χ2v) is 4.47. The third-order valence-corrected chi connectivity index (χ3v) is 2.86. The first-order chi connectivity index (χ1) is 8.61. The van der Waals surface area contributed by atoms with Gasteiger partial charge in [-0.2, -0.15) is 10.2 Å². The van der Waals surface area contributed by atoms with Crippen molar-refractivity contribution in [1.82, 2.24) is 9.97 Å². The van der Waals surface area contributed by atoms with E-state index in [0.29, 0.717) is 5.56 Å². The zero-order chi connectivity index (χ0) is 13.1. The van der Waals surface area contributed by atoms with E-state index in [1.807, 2.05) is 6.07 Å².